The Bertz CT molecular complexity index is 812. The number of para-hydroxylation sites is 2. The van der Waals surface area contributed by atoms with E-state index in [1.54, 1.807) is 0 Å². The number of nitriles is 1. The van der Waals surface area contributed by atoms with Crippen LogP contribution in [0.1, 0.15) is 18.3 Å². The zero-order chi connectivity index (χ0) is 15.4. The molecule has 4 nitrogen and oxygen atoms in total. The molecule has 1 aromatic heterocycles. The topological polar surface area (TPSA) is 50.8 Å². The van der Waals surface area contributed by atoms with Gasteiger partial charge in [0, 0.05) is 6.42 Å². The van der Waals surface area contributed by atoms with Gasteiger partial charge >= 0.3 is 0 Å². The van der Waals surface area contributed by atoms with Crippen LogP contribution in [0.3, 0.4) is 0 Å². The molecule has 3 aromatic rings. The molecule has 0 radical (unpaired) electrons. The van der Waals surface area contributed by atoms with Crippen molar-refractivity contribution in [3.8, 4) is 11.8 Å². The summed E-state index contributed by atoms with van der Waals surface area (Å²) < 4.78 is 7.44. The van der Waals surface area contributed by atoms with Crippen molar-refractivity contribution in [2.45, 2.75) is 19.9 Å². The van der Waals surface area contributed by atoms with Gasteiger partial charge in [-0.2, -0.15) is 5.26 Å². The fraction of sp³-hybridized carbons (Fsp3) is 0.222. The number of ether oxygens (including phenoxy) is 1. The molecule has 0 saturated carbocycles. The van der Waals surface area contributed by atoms with Crippen molar-refractivity contribution in [2.75, 3.05) is 6.61 Å². The molecule has 0 aliphatic heterocycles. The quantitative estimate of drug-likeness (QED) is 0.722. The molecule has 0 atom stereocenters. The Labute approximate surface area is 129 Å². The molecule has 0 saturated heterocycles. The van der Waals surface area contributed by atoms with Crippen LogP contribution in [0.15, 0.2) is 48.5 Å². The second-order valence-corrected chi connectivity index (χ2v) is 5.01. The van der Waals surface area contributed by atoms with Gasteiger partial charge in [-0.1, -0.05) is 24.3 Å². The van der Waals surface area contributed by atoms with Crippen molar-refractivity contribution in [3.05, 3.63) is 59.9 Å². The fourth-order valence-corrected chi connectivity index (χ4v) is 2.56. The Morgan fingerprint density at radius 1 is 1.14 bits per heavy atom. The van der Waals surface area contributed by atoms with Crippen LogP contribution in [0.25, 0.3) is 11.0 Å². The second-order valence-electron chi connectivity index (χ2n) is 5.01. The summed E-state index contributed by atoms with van der Waals surface area (Å²) in [5.41, 5.74) is 3.08. The molecule has 0 bridgehead atoms. The van der Waals surface area contributed by atoms with Crippen LogP contribution in [0.4, 0.5) is 0 Å². The van der Waals surface area contributed by atoms with E-state index in [0.29, 0.717) is 19.6 Å². The van der Waals surface area contributed by atoms with Gasteiger partial charge in [-0.15, -0.1) is 0 Å². The second kappa shape index (κ2) is 6.31. The number of nitrogens with zero attached hydrogens (tertiary/aromatic N) is 3. The third-order valence-electron chi connectivity index (χ3n) is 3.56. The SMILES string of the molecule is CCOc1ccc(Cc2nc3ccccc3n2CC#N)cc1. The fourth-order valence-electron chi connectivity index (χ4n) is 2.56. The van der Waals surface area contributed by atoms with E-state index in [4.69, 9.17) is 10.00 Å². The maximum absolute atomic E-state index is 9.07. The third-order valence-corrected chi connectivity index (χ3v) is 3.56. The Balaban J connectivity index is 1.92. The largest absolute Gasteiger partial charge is 0.494 e. The van der Waals surface area contributed by atoms with Crippen LogP contribution in [-0.2, 0) is 13.0 Å². The third kappa shape index (κ3) is 2.79. The number of fused-ring (bicyclic) bond motifs is 1. The monoisotopic (exact) mass is 291 g/mol. The predicted octanol–water partition coefficient (Wildman–Crippen LogP) is 3.55. The lowest BCUT2D eigenvalue weighted by atomic mass is 10.1. The average Bonchev–Trinajstić information content (AvgIpc) is 2.88. The molecule has 0 aliphatic carbocycles. The van der Waals surface area contributed by atoms with E-state index >= 15 is 0 Å². The molecule has 2 aromatic carbocycles. The van der Waals surface area contributed by atoms with E-state index in [1.165, 1.54) is 0 Å². The number of hydrogen-bond donors (Lipinski definition) is 0. The summed E-state index contributed by atoms with van der Waals surface area (Å²) in [4.78, 5) is 4.67. The molecular weight excluding hydrogens is 274 g/mol. The van der Waals surface area contributed by atoms with Gasteiger partial charge in [-0.3, -0.25) is 0 Å². The Hall–Kier alpha value is -2.80. The van der Waals surface area contributed by atoms with Gasteiger partial charge in [0.15, 0.2) is 0 Å². The maximum atomic E-state index is 9.07. The summed E-state index contributed by atoms with van der Waals surface area (Å²) in [6, 6.07) is 18.2. The van der Waals surface area contributed by atoms with Crippen LogP contribution in [-0.4, -0.2) is 16.2 Å². The van der Waals surface area contributed by atoms with E-state index in [2.05, 4.69) is 11.1 Å². The minimum atomic E-state index is 0.312. The lowest BCUT2D eigenvalue weighted by Crippen LogP contribution is -2.03. The average molecular weight is 291 g/mol. The molecule has 110 valence electrons. The molecule has 1 heterocycles. The van der Waals surface area contributed by atoms with E-state index in [0.717, 1.165) is 28.2 Å². The molecular formula is C18H17N3O. The van der Waals surface area contributed by atoms with Crippen molar-refractivity contribution in [3.63, 3.8) is 0 Å². The smallest absolute Gasteiger partial charge is 0.119 e. The van der Waals surface area contributed by atoms with Crippen LogP contribution in [0.2, 0.25) is 0 Å². The lowest BCUT2D eigenvalue weighted by Gasteiger charge is -2.06. The highest BCUT2D eigenvalue weighted by Gasteiger charge is 2.10. The summed E-state index contributed by atoms with van der Waals surface area (Å²) in [6.07, 6.45) is 0.697. The van der Waals surface area contributed by atoms with Gasteiger partial charge in [0.2, 0.25) is 0 Å². The van der Waals surface area contributed by atoms with Gasteiger partial charge in [0.25, 0.3) is 0 Å². The normalized spacial score (nSPS) is 10.5. The van der Waals surface area contributed by atoms with Crippen molar-refractivity contribution in [1.29, 1.82) is 5.26 Å². The van der Waals surface area contributed by atoms with E-state index in [1.807, 2.05) is 60.0 Å². The number of aromatic nitrogens is 2. The first-order valence-corrected chi connectivity index (χ1v) is 7.34. The molecule has 0 aliphatic rings. The molecule has 22 heavy (non-hydrogen) atoms. The highest BCUT2D eigenvalue weighted by Crippen LogP contribution is 2.20. The zero-order valence-electron chi connectivity index (χ0n) is 12.5. The first-order chi connectivity index (χ1) is 10.8. The minimum absolute atomic E-state index is 0.312. The van der Waals surface area contributed by atoms with Crippen molar-refractivity contribution in [1.82, 2.24) is 9.55 Å². The Morgan fingerprint density at radius 3 is 2.64 bits per heavy atom. The van der Waals surface area contributed by atoms with Gasteiger partial charge in [-0.05, 0) is 36.8 Å². The summed E-state index contributed by atoms with van der Waals surface area (Å²) in [6.45, 7) is 2.95. The predicted molar refractivity (Wildman–Crippen MR) is 85.8 cm³/mol. The Kier molecular flexibility index (Phi) is 4.06. The van der Waals surface area contributed by atoms with Crippen molar-refractivity contribution < 1.29 is 4.74 Å². The van der Waals surface area contributed by atoms with Crippen LogP contribution in [0.5, 0.6) is 5.75 Å². The number of imidazole rings is 1. The van der Waals surface area contributed by atoms with Gasteiger partial charge in [-0.25, -0.2) is 4.98 Å². The van der Waals surface area contributed by atoms with Gasteiger partial charge in [0.05, 0.1) is 23.7 Å². The highest BCUT2D eigenvalue weighted by atomic mass is 16.5. The zero-order valence-corrected chi connectivity index (χ0v) is 12.5. The van der Waals surface area contributed by atoms with E-state index < -0.39 is 0 Å². The molecule has 0 N–H and O–H groups in total. The van der Waals surface area contributed by atoms with E-state index in [-0.39, 0.29) is 0 Å². The highest BCUT2D eigenvalue weighted by molar-refractivity contribution is 5.76. The molecule has 0 amide bonds. The van der Waals surface area contributed by atoms with E-state index in [9.17, 15) is 0 Å². The van der Waals surface area contributed by atoms with Gasteiger partial charge < -0.3 is 9.30 Å². The molecule has 0 unspecified atom stereocenters. The lowest BCUT2D eigenvalue weighted by molar-refractivity contribution is 0.340. The maximum Gasteiger partial charge on any atom is 0.119 e. The summed E-state index contributed by atoms with van der Waals surface area (Å²) in [5.74, 6) is 1.78. The molecule has 3 rings (SSSR count). The molecule has 0 fully saturated rings. The van der Waals surface area contributed by atoms with Crippen molar-refractivity contribution >= 4 is 11.0 Å². The summed E-state index contributed by atoms with van der Waals surface area (Å²) in [5, 5.41) is 9.07. The van der Waals surface area contributed by atoms with Gasteiger partial charge in [0.1, 0.15) is 18.1 Å². The standard InChI is InChI=1S/C18H17N3O/c1-2-22-15-9-7-14(8-10-15)13-18-20-16-5-3-4-6-17(16)21(18)12-11-19/h3-10H,2,12-13H2,1H3. The number of benzene rings is 2. The first-order valence-electron chi connectivity index (χ1n) is 7.34. The summed E-state index contributed by atoms with van der Waals surface area (Å²) >= 11 is 0. The number of hydrogen-bond acceptors (Lipinski definition) is 3. The van der Waals surface area contributed by atoms with Crippen molar-refractivity contribution in [2.24, 2.45) is 0 Å². The molecule has 4 heteroatoms. The minimum Gasteiger partial charge on any atom is -0.494 e. The number of rotatable bonds is 5. The van der Waals surface area contributed by atoms with Crippen LogP contribution < -0.4 is 4.74 Å². The van der Waals surface area contributed by atoms with Crippen LogP contribution >= 0.6 is 0 Å². The molecule has 0 spiro atoms. The first kappa shape index (κ1) is 14.2. The summed E-state index contributed by atoms with van der Waals surface area (Å²) in [7, 11) is 0. The Morgan fingerprint density at radius 2 is 1.91 bits per heavy atom. The van der Waals surface area contributed by atoms with Crippen LogP contribution in [0, 0.1) is 11.3 Å².